The van der Waals surface area contributed by atoms with Crippen LogP contribution in [0, 0.1) is 0 Å². The summed E-state index contributed by atoms with van der Waals surface area (Å²) in [4.78, 5) is 13.2. The summed E-state index contributed by atoms with van der Waals surface area (Å²) in [5, 5.41) is 19.3. The first-order valence-electron chi connectivity index (χ1n) is 10.6. The minimum Gasteiger partial charge on any atom is -0.506 e. The maximum Gasteiger partial charge on any atom is 0.298 e. The SMILES string of the molecule is CN(c1ccc2c(c1)S(=O)(=O)N=C(c1c(O)c3ccccc3n(NC3CCC3)c1=O)N2)S(N)(=O)=O. The van der Waals surface area contributed by atoms with Crippen molar-refractivity contribution in [1.29, 1.82) is 0 Å². The normalized spacial score (nSPS) is 17.1. The minimum absolute atomic E-state index is 0.0101. The van der Waals surface area contributed by atoms with Gasteiger partial charge in [-0.2, -0.15) is 16.8 Å². The molecule has 0 atom stereocenters. The average Bonchev–Trinajstić information content (AvgIpc) is 2.76. The molecule has 2 aromatic carbocycles. The molecule has 1 aliphatic heterocycles. The second-order valence-electron chi connectivity index (χ2n) is 8.37. The third-order valence-corrected chi connectivity index (χ3v) is 8.45. The summed E-state index contributed by atoms with van der Waals surface area (Å²) in [7, 11) is -7.31. The Bertz CT molecular complexity index is 1680. The van der Waals surface area contributed by atoms with E-state index in [9.17, 15) is 26.7 Å². The number of sulfonamides is 1. The highest BCUT2D eigenvalue weighted by atomic mass is 32.2. The fraction of sp³-hybridized carbons (Fsp3) is 0.238. The van der Waals surface area contributed by atoms with Gasteiger partial charge in [0, 0.05) is 18.5 Å². The largest absolute Gasteiger partial charge is 0.506 e. The Kier molecular flexibility index (Phi) is 5.27. The topological polar surface area (TPSA) is 176 Å². The van der Waals surface area contributed by atoms with Crippen molar-refractivity contribution in [2.45, 2.75) is 30.2 Å². The van der Waals surface area contributed by atoms with Crippen molar-refractivity contribution >= 4 is 48.3 Å². The Labute approximate surface area is 200 Å². The number of para-hydroxylation sites is 1. The number of benzene rings is 2. The second kappa shape index (κ2) is 7.96. The van der Waals surface area contributed by atoms with Crippen LogP contribution in [0.3, 0.4) is 0 Å². The number of fused-ring (bicyclic) bond motifs is 2. The van der Waals surface area contributed by atoms with Gasteiger partial charge < -0.3 is 15.8 Å². The Morgan fingerprint density at radius 3 is 2.60 bits per heavy atom. The molecular formula is C21H22N6O6S2. The fourth-order valence-electron chi connectivity index (χ4n) is 3.99. The number of rotatable bonds is 5. The van der Waals surface area contributed by atoms with Gasteiger partial charge in [0.2, 0.25) is 0 Å². The third-order valence-electron chi connectivity index (χ3n) is 6.16. The van der Waals surface area contributed by atoms with Crippen LogP contribution in [-0.2, 0) is 20.2 Å². The first-order valence-corrected chi connectivity index (χ1v) is 13.6. The van der Waals surface area contributed by atoms with Crippen LogP contribution in [0.2, 0.25) is 0 Å². The van der Waals surface area contributed by atoms with Gasteiger partial charge in [0.25, 0.3) is 25.8 Å². The lowest BCUT2D eigenvalue weighted by atomic mass is 9.94. The molecule has 35 heavy (non-hydrogen) atoms. The first-order chi connectivity index (χ1) is 16.5. The van der Waals surface area contributed by atoms with Crippen molar-refractivity contribution in [2.24, 2.45) is 9.54 Å². The van der Waals surface area contributed by atoms with Gasteiger partial charge in [0.05, 0.1) is 16.9 Å². The van der Waals surface area contributed by atoms with E-state index in [4.69, 9.17) is 5.14 Å². The van der Waals surface area contributed by atoms with E-state index in [2.05, 4.69) is 15.1 Å². The summed E-state index contributed by atoms with van der Waals surface area (Å²) >= 11 is 0. The van der Waals surface area contributed by atoms with Crippen molar-refractivity contribution in [3.8, 4) is 5.75 Å². The number of aromatic nitrogens is 1. The van der Waals surface area contributed by atoms with Crippen molar-refractivity contribution < 1.29 is 21.9 Å². The van der Waals surface area contributed by atoms with Crippen molar-refractivity contribution in [2.75, 3.05) is 22.1 Å². The summed E-state index contributed by atoms with van der Waals surface area (Å²) in [5.74, 6) is -0.754. The van der Waals surface area contributed by atoms with E-state index in [-0.39, 0.29) is 33.7 Å². The van der Waals surface area contributed by atoms with Gasteiger partial charge in [0.1, 0.15) is 16.2 Å². The van der Waals surface area contributed by atoms with Gasteiger partial charge in [-0.15, -0.1) is 4.40 Å². The summed E-state index contributed by atoms with van der Waals surface area (Å²) in [6.45, 7) is 0. The summed E-state index contributed by atoms with van der Waals surface area (Å²) in [5.41, 5.74) is 2.70. The lowest BCUT2D eigenvalue weighted by molar-refractivity contribution is 0.414. The van der Waals surface area contributed by atoms with Crippen LogP contribution < -0.4 is 25.7 Å². The van der Waals surface area contributed by atoms with Crippen LogP contribution in [-0.4, -0.2) is 45.5 Å². The Balaban J connectivity index is 1.67. The Morgan fingerprint density at radius 2 is 1.94 bits per heavy atom. The van der Waals surface area contributed by atoms with E-state index >= 15 is 0 Å². The lowest BCUT2D eigenvalue weighted by Gasteiger charge is -2.29. The van der Waals surface area contributed by atoms with Gasteiger partial charge in [-0.05, 0) is 49.6 Å². The van der Waals surface area contributed by atoms with Gasteiger partial charge in [-0.3, -0.25) is 9.10 Å². The van der Waals surface area contributed by atoms with E-state index in [1.165, 1.54) is 23.9 Å². The molecule has 184 valence electrons. The average molecular weight is 519 g/mol. The molecule has 0 amide bonds. The Morgan fingerprint density at radius 1 is 1.23 bits per heavy atom. The third kappa shape index (κ3) is 3.88. The monoisotopic (exact) mass is 518 g/mol. The van der Waals surface area contributed by atoms with E-state index in [1.54, 1.807) is 24.3 Å². The lowest BCUT2D eigenvalue weighted by Crippen LogP contribution is -2.42. The van der Waals surface area contributed by atoms with Gasteiger partial charge in [0.15, 0.2) is 5.84 Å². The van der Waals surface area contributed by atoms with Gasteiger partial charge >= 0.3 is 0 Å². The van der Waals surface area contributed by atoms with E-state index in [0.29, 0.717) is 10.9 Å². The van der Waals surface area contributed by atoms with Crippen LogP contribution in [0.4, 0.5) is 11.4 Å². The van der Waals surface area contributed by atoms with E-state index in [1.807, 2.05) is 0 Å². The predicted octanol–water partition coefficient (Wildman–Crippen LogP) is 1.00. The zero-order valence-electron chi connectivity index (χ0n) is 18.5. The summed E-state index contributed by atoms with van der Waals surface area (Å²) in [6, 6.07) is 10.6. The number of anilines is 2. The number of hydrogen-bond acceptors (Lipinski definition) is 8. The molecular weight excluding hydrogens is 496 g/mol. The molecule has 0 spiro atoms. The first kappa shape index (κ1) is 23.1. The minimum atomic E-state index is -4.37. The summed E-state index contributed by atoms with van der Waals surface area (Å²) < 4.78 is 55.2. The van der Waals surface area contributed by atoms with Crippen molar-refractivity contribution in [3.05, 3.63) is 58.4 Å². The highest BCUT2D eigenvalue weighted by molar-refractivity contribution is 7.91. The molecule has 1 aromatic heterocycles. The van der Waals surface area contributed by atoms with Crippen LogP contribution in [0.5, 0.6) is 5.75 Å². The smallest absolute Gasteiger partial charge is 0.298 e. The summed E-state index contributed by atoms with van der Waals surface area (Å²) in [6.07, 6.45) is 2.79. The molecule has 0 unspecified atom stereocenters. The molecule has 14 heteroatoms. The maximum atomic E-state index is 13.5. The number of amidine groups is 1. The molecule has 1 fully saturated rings. The molecule has 1 aliphatic carbocycles. The molecule has 3 aromatic rings. The van der Waals surface area contributed by atoms with Crippen LogP contribution in [0.25, 0.3) is 10.9 Å². The molecule has 1 saturated carbocycles. The highest BCUT2D eigenvalue weighted by Crippen LogP contribution is 2.34. The number of nitrogens with one attached hydrogen (secondary N) is 2. The van der Waals surface area contributed by atoms with E-state index in [0.717, 1.165) is 29.6 Å². The molecule has 2 aliphatic rings. The predicted molar refractivity (Wildman–Crippen MR) is 132 cm³/mol. The zero-order chi connectivity index (χ0) is 25.1. The number of nitrogens with zero attached hydrogens (tertiary/aromatic N) is 3. The molecule has 0 saturated heterocycles. The fourth-order valence-corrected chi connectivity index (χ4v) is 5.54. The van der Waals surface area contributed by atoms with Crippen molar-refractivity contribution in [1.82, 2.24) is 4.68 Å². The quantitative estimate of drug-likeness (QED) is 0.387. The molecule has 5 rings (SSSR count). The zero-order valence-corrected chi connectivity index (χ0v) is 20.1. The van der Waals surface area contributed by atoms with Crippen LogP contribution >= 0.6 is 0 Å². The highest BCUT2D eigenvalue weighted by Gasteiger charge is 2.31. The second-order valence-corrected chi connectivity index (χ2v) is 11.5. The molecule has 0 radical (unpaired) electrons. The number of pyridine rings is 1. The molecule has 5 N–H and O–H groups in total. The van der Waals surface area contributed by atoms with Gasteiger partial charge in [-0.25, -0.2) is 9.82 Å². The van der Waals surface area contributed by atoms with Crippen LogP contribution in [0.1, 0.15) is 24.8 Å². The van der Waals surface area contributed by atoms with Crippen LogP contribution in [0.15, 0.2) is 56.6 Å². The number of hydrogen-bond donors (Lipinski definition) is 4. The standard InChI is InChI=1S/C21H22N6O6S2/c1-26(35(22,32)33)13-9-10-15-17(11-13)34(30,31)25-20(23-15)18-19(28)14-7-2-3-8-16(14)27(21(18)29)24-12-5-4-6-12/h2-3,7-12,24,28H,4-6H2,1H3,(H,23,25)(H2,22,32,33). The number of aromatic hydroxyl groups is 1. The van der Waals surface area contributed by atoms with E-state index < -0.39 is 31.5 Å². The Hall–Kier alpha value is -3.62. The van der Waals surface area contributed by atoms with Gasteiger partial charge in [-0.1, -0.05) is 12.1 Å². The maximum absolute atomic E-state index is 13.5. The number of nitrogens with two attached hydrogens (primary N) is 1. The molecule has 2 heterocycles. The van der Waals surface area contributed by atoms with Crippen molar-refractivity contribution in [3.63, 3.8) is 0 Å². The molecule has 12 nitrogen and oxygen atoms in total. The molecule has 0 bridgehead atoms.